The molecule has 3 aromatic rings. The van der Waals surface area contributed by atoms with Gasteiger partial charge in [0.05, 0.1) is 11.8 Å². The first-order chi connectivity index (χ1) is 14.1. The Hall–Kier alpha value is -4.07. The van der Waals surface area contributed by atoms with Gasteiger partial charge in [0.2, 0.25) is 6.10 Å². The zero-order chi connectivity index (χ0) is 20.2. The molecule has 0 spiro atoms. The van der Waals surface area contributed by atoms with Crippen molar-refractivity contribution < 1.29 is 28.6 Å². The SMILES string of the molecule is O=C(O)c1cccc(-c2ccc(/C=N\NC(=O)[C@H]3COc4ccccc4O3)o2)c1. The zero-order valence-electron chi connectivity index (χ0n) is 15.1. The molecular formula is C21H16N2O6. The second-order valence-electron chi connectivity index (χ2n) is 6.19. The van der Waals surface area contributed by atoms with E-state index >= 15 is 0 Å². The van der Waals surface area contributed by atoms with Crippen molar-refractivity contribution >= 4 is 18.1 Å². The Morgan fingerprint density at radius 1 is 1.07 bits per heavy atom. The van der Waals surface area contributed by atoms with Crippen LogP contribution in [0.25, 0.3) is 11.3 Å². The van der Waals surface area contributed by atoms with E-state index in [1.807, 2.05) is 6.07 Å². The van der Waals surface area contributed by atoms with Crippen molar-refractivity contribution in [2.75, 3.05) is 6.61 Å². The van der Waals surface area contributed by atoms with E-state index in [2.05, 4.69) is 10.5 Å². The van der Waals surface area contributed by atoms with Crippen molar-refractivity contribution in [1.82, 2.24) is 5.43 Å². The number of amides is 1. The summed E-state index contributed by atoms with van der Waals surface area (Å²) in [4.78, 5) is 23.3. The highest BCUT2D eigenvalue weighted by Crippen LogP contribution is 2.30. The van der Waals surface area contributed by atoms with Crippen molar-refractivity contribution in [3.8, 4) is 22.8 Å². The van der Waals surface area contributed by atoms with Crippen LogP contribution in [0.15, 0.2) is 70.2 Å². The molecule has 0 fully saturated rings. The molecule has 2 heterocycles. The molecule has 0 aliphatic carbocycles. The number of hydrogen-bond acceptors (Lipinski definition) is 6. The van der Waals surface area contributed by atoms with Crippen molar-refractivity contribution in [2.24, 2.45) is 5.10 Å². The molecule has 0 bridgehead atoms. The number of hydrogen-bond donors (Lipinski definition) is 2. The van der Waals surface area contributed by atoms with Crippen LogP contribution in [0.2, 0.25) is 0 Å². The maximum Gasteiger partial charge on any atom is 0.335 e. The molecule has 1 amide bonds. The van der Waals surface area contributed by atoms with Crippen LogP contribution in [0, 0.1) is 0 Å². The Morgan fingerprint density at radius 2 is 1.90 bits per heavy atom. The van der Waals surface area contributed by atoms with E-state index in [1.165, 1.54) is 18.3 Å². The predicted molar refractivity (Wildman–Crippen MR) is 103 cm³/mol. The molecule has 146 valence electrons. The van der Waals surface area contributed by atoms with Crippen molar-refractivity contribution in [3.05, 3.63) is 72.0 Å². The summed E-state index contributed by atoms with van der Waals surface area (Å²) in [5, 5.41) is 13.0. The van der Waals surface area contributed by atoms with Gasteiger partial charge >= 0.3 is 5.97 Å². The molecular weight excluding hydrogens is 376 g/mol. The van der Waals surface area contributed by atoms with Gasteiger partial charge in [-0.25, -0.2) is 10.2 Å². The van der Waals surface area contributed by atoms with Gasteiger partial charge in [0.1, 0.15) is 18.1 Å². The predicted octanol–water partition coefficient (Wildman–Crippen LogP) is 2.93. The Balaban J connectivity index is 1.37. The van der Waals surface area contributed by atoms with Gasteiger partial charge in [-0.2, -0.15) is 5.10 Å². The maximum atomic E-state index is 12.2. The van der Waals surface area contributed by atoms with Crippen LogP contribution in [0.4, 0.5) is 0 Å². The smallest absolute Gasteiger partial charge is 0.335 e. The van der Waals surface area contributed by atoms with Crippen LogP contribution in [-0.4, -0.2) is 35.9 Å². The van der Waals surface area contributed by atoms with E-state index in [9.17, 15) is 9.59 Å². The number of furan rings is 1. The van der Waals surface area contributed by atoms with Crippen molar-refractivity contribution in [3.63, 3.8) is 0 Å². The molecule has 8 heteroatoms. The van der Waals surface area contributed by atoms with E-state index in [-0.39, 0.29) is 12.2 Å². The summed E-state index contributed by atoms with van der Waals surface area (Å²) in [5.74, 6) is 0.516. The van der Waals surface area contributed by atoms with E-state index in [1.54, 1.807) is 42.5 Å². The topological polar surface area (TPSA) is 110 Å². The standard InChI is InChI=1S/C21H16N2O6/c24-20(19-12-27-17-6-1-2-7-18(17)29-19)23-22-11-15-8-9-16(28-15)13-4-3-5-14(10-13)21(25)26/h1-11,19H,12H2,(H,23,24)(H,25,26)/b22-11-/t19-/m1/s1. The molecule has 2 aromatic carbocycles. The maximum absolute atomic E-state index is 12.2. The molecule has 1 atom stereocenters. The molecule has 29 heavy (non-hydrogen) atoms. The quantitative estimate of drug-likeness (QED) is 0.510. The molecule has 0 saturated heterocycles. The summed E-state index contributed by atoms with van der Waals surface area (Å²) in [5.41, 5.74) is 3.18. The van der Waals surface area contributed by atoms with Crippen LogP contribution < -0.4 is 14.9 Å². The fourth-order valence-corrected chi connectivity index (χ4v) is 2.76. The molecule has 0 unspecified atom stereocenters. The molecule has 1 aliphatic rings. The number of carboxylic acid groups (broad SMARTS) is 1. The number of carbonyl (C=O) groups is 2. The van der Waals surface area contributed by atoms with Crippen LogP contribution in [-0.2, 0) is 4.79 Å². The van der Waals surface area contributed by atoms with Gasteiger partial charge < -0.3 is 19.0 Å². The third-order valence-corrected chi connectivity index (χ3v) is 4.19. The number of carboxylic acids is 1. The number of hydrazone groups is 1. The number of para-hydroxylation sites is 2. The van der Waals surface area contributed by atoms with Gasteiger partial charge in [-0.05, 0) is 36.4 Å². The van der Waals surface area contributed by atoms with Crippen LogP contribution in [0.3, 0.4) is 0 Å². The lowest BCUT2D eigenvalue weighted by atomic mass is 10.1. The van der Waals surface area contributed by atoms with Crippen molar-refractivity contribution in [1.29, 1.82) is 0 Å². The average molecular weight is 392 g/mol. The summed E-state index contributed by atoms with van der Waals surface area (Å²) in [6.07, 6.45) is 0.535. The van der Waals surface area contributed by atoms with E-state index in [0.29, 0.717) is 28.6 Å². The van der Waals surface area contributed by atoms with Gasteiger partial charge in [-0.3, -0.25) is 4.79 Å². The minimum absolute atomic E-state index is 0.0865. The minimum atomic E-state index is -1.01. The number of fused-ring (bicyclic) bond motifs is 1. The summed E-state index contributed by atoms with van der Waals surface area (Å²) in [7, 11) is 0. The van der Waals surface area contributed by atoms with Crippen molar-refractivity contribution in [2.45, 2.75) is 6.10 Å². The Bertz CT molecular complexity index is 1090. The molecule has 1 aliphatic heterocycles. The number of rotatable bonds is 5. The van der Waals surface area contributed by atoms with Gasteiger partial charge in [0.25, 0.3) is 5.91 Å². The Morgan fingerprint density at radius 3 is 2.72 bits per heavy atom. The van der Waals surface area contributed by atoms with Gasteiger partial charge in [0.15, 0.2) is 11.5 Å². The highest BCUT2D eigenvalue weighted by molar-refractivity contribution is 5.89. The first-order valence-corrected chi connectivity index (χ1v) is 8.75. The Kier molecular flexibility index (Phi) is 4.98. The molecule has 4 rings (SSSR count). The lowest BCUT2D eigenvalue weighted by molar-refractivity contribution is -0.130. The molecule has 1 aromatic heterocycles. The number of nitrogens with zero attached hydrogens (tertiary/aromatic N) is 1. The highest BCUT2D eigenvalue weighted by atomic mass is 16.6. The molecule has 0 saturated carbocycles. The average Bonchev–Trinajstić information content (AvgIpc) is 3.22. The fourth-order valence-electron chi connectivity index (χ4n) is 2.76. The lowest BCUT2D eigenvalue weighted by Crippen LogP contribution is -2.42. The van der Waals surface area contributed by atoms with Gasteiger partial charge in [0, 0.05) is 5.56 Å². The first kappa shape index (κ1) is 18.3. The van der Waals surface area contributed by atoms with E-state index in [4.69, 9.17) is 19.0 Å². The zero-order valence-corrected chi connectivity index (χ0v) is 15.1. The number of aromatic carboxylic acids is 1. The second-order valence-corrected chi connectivity index (χ2v) is 6.19. The number of ether oxygens (including phenoxy) is 2. The first-order valence-electron chi connectivity index (χ1n) is 8.75. The second kappa shape index (κ2) is 7.89. The summed E-state index contributed by atoms with van der Waals surface area (Å²) in [6.45, 7) is 0.0865. The largest absolute Gasteiger partial charge is 0.485 e. The molecule has 8 nitrogen and oxygen atoms in total. The van der Waals surface area contributed by atoms with Gasteiger partial charge in [-0.15, -0.1) is 0 Å². The molecule has 0 radical (unpaired) electrons. The number of benzene rings is 2. The summed E-state index contributed by atoms with van der Waals surface area (Å²) in [6, 6.07) is 16.9. The number of nitrogens with one attached hydrogen (secondary N) is 1. The third-order valence-electron chi connectivity index (χ3n) is 4.19. The van der Waals surface area contributed by atoms with Crippen LogP contribution in [0.1, 0.15) is 16.1 Å². The van der Waals surface area contributed by atoms with E-state index in [0.717, 1.165) is 0 Å². The third kappa shape index (κ3) is 4.11. The summed E-state index contributed by atoms with van der Waals surface area (Å²) >= 11 is 0. The normalized spacial score (nSPS) is 15.2. The summed E-state index contributed by atoms with van der Waals surface area (Å²) < 4.78 is 16.7. The highest BCUT2D eigenvalue weighted by Gasteiger charge is 2.27. The minimum Gasteiger partial charge on any atom is -0.485 e. The van der Waals surface area contributed by atoms with Crippen LogP contribution >= 0.6 is 0 Å². The molecule has 2 N–H and O–H groups in total. The monoisotopic (exact) mass is 392 g/mol. The van der Waals surface area contributed by atoms with Crippen LogP contribution in [0.5, 0.6) is 11.5 Å². The number of carbonyl (C=O) groups excluding carboxylic acids is 1. The van der Waals surface area contributed by atoms with Gasteiger partial charge in [-0.1, -0.05) is 24.3 Å². The fraction of sp³-hybridized carbons (Fsp3) is 0.0952. The van der Waals surface area contributed by atoms with E-state index < -0.39 is 18.0 Å². The Labute approximate surface area is 165 Å². The lowest BCUT2D eigenvalue weighted by Gasteiger charge is -2.24.